The topological polar surface area (TPSA) is 29.5 Å². The van der Waals surface area contributed by atoms with Crippen molar-refractivity contribution in [2.45, 2.75) is 45.5 Å². The molecule has 0 aliphatic carbocycles. The number of hydrogen-bond donors (Lipinski definition) is 1. The summed E-state index contributed by atoms with van der Waals surface area (Å²) in [7, 11) is 0.198. The maximum Gasteiger partial charge on any atom is 0.155 e. The standard InChI is InChI=1S/C8H9BrO2.C6H15ClSi/c1-11-8-4-2-3-7(9)6(8)5-10;1-6(2,3)8(4,5)7/h2-4,10H,5H2,1H3;1-5H3. The third-order valence-corrected chi connectivity index (χ3v) is 9.25. The Hall–Kier alpha value is -0.0331. The molecular formula is C14H24BrClO2Si. The van der Waals surface area contributed by atoms with Gasteiger partial charge in [0.1, 0.15) is 5.75 Å². The van der Waals surface area contributed by atoms with Crippen molar-refractivity contribution in [3.05, 3.63) is 28.2 Å². The summed E-state index contributed by atoms with van der Waals surface area (Å²) in [6.45, 7) is 10.9. The second-order valence-electron chi connectivity index (χ2n) is 5.80. The van der Waals surface area contributed by atoms with Gasteiger partial charge in [0.25, 0.3) is 0 Å². The zero-order valence-electron chi connectivity index (χ0n) is 12.6. The molecule has 0 aromatic heterocycles. The van der Waals surface area contributed by atoms with Gasteiger partial charge >= 0.3 is 0 Å². The number of benzene rings is 1. The van der Waals surface area contributed by atoms with Crippen molar-refractivity contribution >= 4 is 34.4 Å². The Morgan fingerprint density at radius 2 is 1.79 bits per heavy atom. The minimum Gasteiger partial charge on any atom is -0.496 e. The summed E-state index contributed by atoms with van der Waals surface area (Å²) in [5.74, 6) is 0.710. The maximum atomic E-state index is 8.92. The third-order valence-electron chi connectivity index (χ3n) is 3.24. The van der Waals surface area contributed by atoms with E-state index in [0.29, 0.717) is 10.8 Å². The minimum absolute atomic E-state index is 0.00933. The molecule has 2 nitrogen and oxygen atoms in total. The fourth-order valence-electron chi connectivity index (χ4n) is 0.884. The molecule has 1 rings (SSSR count). The van der Waals surface area contributed by atoms with Gasteiger partial charge in [0.2, 0.25) is 0 Å². The molecule has 0 aliphatic rings. The highest BCUT2D eigenvalue weighted by Gasteiger charge is 2.32. The van der Waals surface area contributed by atoms with Gasteiger partial charge in [-0.1, -0.05) is 55.9 Å². The van der Waals surface area contributed by atoms with Crippen LogP contribution < -0.4 is 4.74 Å². The molecule has 5 heteroatoms. The Morgan fingerprint density at radius 1 is 1.32 bits per heavy atom. The molecule has 1 aromatic rings. The molecular weight excluding hydrogens is 344 g/mol. The molecule has 0 saturated heterocycles. The lowest BCUT2D eigenvalue weighted by atomic mass is 10.2. The van der Waals surface area contributed by atoms with Gasteiger partial charge in [0.15, 0.2) is 7.38 Å². The number of rotatable bonds is 2. The van der Waals surface area contributed by atoms with E-state index in [1.807, 2.05) is 18.2 Å². The second-order valence-corrected chi connectivity index (χ2v) is 13.9. The lowest BCUT2D eigenvalue weighted by Crippen LogP contribution is -2.29. The van der Waals surface area contributed by atoms with Crippen LogP contribution in [0.3, 0.4) is 0 Å². The normalized spacial score (nSPS) is 11.6. The van der Waals surface area contributed by atoms with Crippen LogP contribution in [-0.4, -0.2) is 19.6 Å². The predicted molar refractivity (Wildman–Crippen MR) is 89.7 cm³/mol. The molecule has 1 aromatic carbocycles. The van der Waals surface area contributed by atoms with Crippen molar-refractivity contribution in [2.24, 2.45) is 0 Å². The Labute approximate surface area is 131 Å². The van der Waals surface area contributed by atoms with Crippen molar-refractivity contribution < 1.29 is 9.84 Å². The summed E-state index contributed by atoms with van der Waals surface area (Å²) in [6, 6.07) is 5.55. The monoisotopic (exact) mass is 366 g/mol. The molecule has 0 radical (unpaired) electrons. The van der Waals surface area contributed by atoms with E-state index in [9.17, 15) is 0 Å². The van der Waals surface area contributed by atoms with Crippen LogP contribution in [0.4, 0.5) is 0 Å². The second kappa shape index (κ2) is 7.67. The minimum atomic E-state index is -1.39. The highest BCUT2D eigenvalue weighted by atomic mass is 79.9. The van der Waals surface area contributed by atoms with Crippen LogP contribution in [0.5, 0.6) is 5.75 Å². The van der Waals surface area contributed by atoms with Gasteiger partial charge in [0.05, 0.1) is 13.7 Å². The molecule has 0 heterocycles. The van der Waals surface area contributed by atoms with Crippen molar-refractivity contribution in [2.75, 3.05) is 7.11 Å². The molecule has 0 atom stereocenters. The van der Waals surface area contributed by atoms with Crippen molar-refractivity contribution in [1.29, 1.82) is 0 Å². The molecule has 0 aliphatic heterocycles. The van der Waals surface area contributed by atoms with Crippen LogP contribution in [0, 0.1) is 0 Å². The first-order valence-electron chi connectivity index (χ1n) is 6.15. The molecule has 1 N–H and O–H groups in total. The molecule has 0 spiro atoms. The van der Waals surface area contributed by atoms with Gasteiger partial charge in [-0.15, -0.1) is 0 Å². The largest absolute Gasteiger partial charge is 0.496 e. The lowest BCUT2D eigenvalue weighted by molar-refractivity contribution is 0.273. The summed E-state index contributed by atoms with van der Waals surface area (Å²) in [4.78, 5) is 0. The van der Waals surface area contributed by atoms with Crippen molar-refractivity contribution in [3.8, 4) is 5.75 Å². The maximum absolute atomic E-state index is 8.92. The Bertz CT molecular complexity index is 385. The van der Waals surface area contributed by atoms with Gasteiger partial charge < -0.3 is 9.84 Å². The predicted octanol–water partition coefficient (Wildman–Crippen LogP) is 5.18. The number of halogens is 2. The van der Waals surface area contributed by atoms with E-state index in [1.54, 1.807) is 7.11 Å². The first-order valence-corrected chi connectivity index (χ1v) is 11.0. The van der Waals surface area contributed by atoms with E-state index in [4.69, 9.17) is 20.9 Å². The molecule has 0 saturated carbocycles. The first-order chi connectivity index (χ1) is 8.54. The van der Waals surface area contributed by atoms with E-state index in [1.165, 1.54) is 0 Å². The number of aliphatic hydroxyl groups excluding tert-OH is 1. The Morgan fingerprint density at radius 3 is 2.05 bits per heavy atom. The van der Waals surface area contributed by atoms with E-state index < -0.39 is 7.38 Å². The van der Waals surface area contributed by atoms with Crippen molar-refractivity contribution in [1.82, 2.24) is 0 Å². The summed E-state index contributed by atoms with van der Waals surface area (Å²) in [5, 5.41) is 9.26. The molecule has 0 amide bonds. The number of methoxy groups -OCH3 is 1. The van der Waals surface area contributed by atoms with Gasteiger partial charge in [-0.3, -0.25) is 0 Å². The van der Waals surface area contributed by atoms with Gasteiger partial charge in [-0.25, -0.2) is 0 Å². The van der Waals surface area contributed by atoms with Gasteiger partial charge in [0, 0.05) is 10.0 Å². The van der Waals surface area contributed by atoms with E-state index in [0.717, 1.165) is 10.0 Å². The summed E-state index contributed by atoms with van der Waals surface area (Å²) in [5.41, 5.74) is 0.787. The van der Waals surface area contributed by atoms with Crippen LogP contribution in [0.25, 0.3) is 0 Å². The van der Waals surface area contributed by atoms with Crippen LogP contribution in [0.15, 0.2) is 22.7 Å². The average molecular weight is 368 g/mol. The first kappa shape index (κ1) is 19.0. The van der Waals surface area contributed by atoms with Crippen LogP contribution in [0.1, 0.15) is 26.3 Å². The zero-order chi connectivity index (χ0) is 15.3. The van der Waals surface area contributed by atoms with Crippen LogP contribution in [-0.2, 0) is 6.61 Å². The fourth-order valence-corrected chi connectivity index (χ4v) is 1.36. The van der Waals surface area contributed by atoms with Crippen molar-refractivity contribution in [3.63, 3.8) is 0 Å². The highest BCUT2D eigenvalue weighted by molar-refractivity contribution is 9.10. The quantitative estimate of drug-likeness (QED) is 0.576. The third kappa shape index (κ3) is 6.30. The van der Waals surface area contributed by atoms with Gasteiger partial charge in [-0.2, -0.15) is 11.1 Å². The number of aliphatic hydroxyl groups is 1. The van der Waals surface area contributed by atoms with Gasteiger partial charge in [-0.05, 0) is 17.2 Å². The van der Waals surface area contributed by atoms with Crippen LogP contribution >= 0.6 is 27.0 Å². The summed E-state index contributed by atoms with van der Waals surface area (Å²) in [6.07, 6.45) is 0. The number of ether oxygens (including phenoxy) is 1. The molecule has 19 heavy (non-hydrogen) atoms. The fraction of sp³-hybridized carbons (Fsp3) is 0.571. The molecule has 110 valence electrons. The average Bonchev–Trinajstić information content (AvgIpc) is 2.26. The Balaban J connectivity index is 0.000000362. The van der Waals surface area contributed by atoms with E-state index in [-0.39, 0.29) is 6.61 Å². The summed E-state index contributed by atoms with van der Waals surface area (Å²) < 4.78 is 5.90. The lowest BCUT2D eigenvalue weighted by Gasteiger charge is -2.29. The smallest absolute Gasteiger partial charge is 0.155 e. The Kier molecular flexibility index (Phi) is 7.66. The van der Waals surface area contributed by atoms with E-state index in [2.05, 4.69) is 49.8 Å². The highest BCUT2D eigenvalue weighted by Crippen LogP contribution is 2.38. The SMILES string of the molecule is CC(C)(C)[Si](C)(C)Cl.COc1cccc(Br)c1CO. The van der Waals surface area contributed by atoms with E-state index >= 15 is 0 Å². The summed E-state index contributed by atoms with van der Waals surface area (Å²) >= 11 is 9.46. The molecule has 0 unspecified atom stereocenters. The molecule has 0 bridgehead atoms. The number of hydrogen-bond acceptors (Lipinski definition) is 2. The molecule has 0 fully saturated rings. The van der Waals surface area contributed by atoms with Crippen LogP contribution in [0.2, 0.25) is 18.1 Å². The zero-order valence-corrected chi connectivity index (χ0v) is 15.9.